The van der Waals surface area contributed by atoms with Crippen LogP contribution in [-0.2, 0) is 13.0 Å². The van der Waals surface area contributed by atoms with Crippen molar-refractivity contribution in [3.05, 3.63) is 69.0 Å². The summed E-state index contributed by atoms with van der Waals surface area (Å²) in [5.74, 6) is 0.332. The van der Waals surface area contributed by atoms with E-state index in [0.29, 0.717) is 12.3 Å². The van der Waals surface area contributed by atoms with Gasteiger partial charge in [-0.1, -0.05) is 63.2 Å². The van der Waals surface area contributed by atoms with Crippen LogP contribution in [0.3, 0.4) is 0 Å². The van der Waals surface area contributed by atoms with Crippen molar-refractivity contribution in [1.29, 1.82) is 0 Å². The summed E-state index contributed by atoms with van der Waals surface area (Å²) < 4.78 is 0.948. The topological polar surface area (TPSA) is 43.7 Å². The van der Waals surface area contributed by atoms with Crippen molar-refractivity contribution in [2.75, 3.05) is 13.1 Å². The molecule has 0 saturated carbocycles. The molecule has 0 aliphatic carbocycles. The quantitative estimate of drug-likeness (QED) is 0.364. The third-order valence-corrected chi connectivity index (χ3v) is 8.43. The Morgan fingerprint density at radius 3 is 2.48 bits per heavy atom. The van der Waals surface area contributed by atoms with E-state index in [0.717, 1.165) is 47.3 Å². The Bertz CT molecular complexity index is 995. The minimum atomic E-state index is -0.185. The van der Waals surface area contributed by atoms with E-state index in [2.05, 4.69) is 35.2 Å². The second-order valence-electron chi connectivity index (χ2n) is 7.27. The lowest BCUT2D eigenvalue weighted by Gasteiger charge is -2.29. The normalized spacial score (nSPS) is 15.2. The molecule has 29 heavy (non-hydrogen) atoms. The van der Waals surface area contributed by atoms with Crippen molar-refractivity contribution in [3.63, 3.8) is 0 Å². The first-order chi connectivity index (χ1) is 13.6. The van der Waals surface area contributed by atoms with E-state index in [1.54, 1.807) is 26.7 Å². The molecule has 4 rings (SSSR count). The summed E-state index contributed by atoms with van der Waals surface area (Å²) >= 11 is 5.62. The number of aliphatic hydroxyl groups excluding tert-OH is 1. The molecular formula is C22H24ClNO2S3. The fourth-order valence-electron chi connectivity index (χ4n) is 3.62. The van der Waals surface area contributed by atoms with Crippen LogP contribution in [0.5, 0.6) is 5.75 Å². The van der Waals surface area contributed by atoms with Gasteiger partial charge in [-0.15, -0.1) is 12.4 Å². The molecule has 2 heterocycles. The maximum atomic E-state index is 10.4. The van der Waals surface area contributed by atoms with E-state index in [1.165, 1.54) is 16.0 Å². The van der Waals surface area contributed by atoms with Crippen molar-refractivity contribution in [2.45, 2.75) is 31.9 Å². The molecule has 7 heteroatoms. The van der Waals surface area contributed by atoms with Crippen molar-refractivity contribution >= 4 is 45.3 Å². The third kappa shape index (κ3) is 5.45. The average molecular weight is 466 g/mol. The van der Waals surface area contributed by atoms with Gasteiger partial charge in [0.1, 0.15) is 9.57 Å². The number of phenols is 1. The van der Waals surface area contributed by atoms with Gasteiger partial charge in [-0.3, -0.25) is 4.90 Å². The summed E-state index contributed by atoms with van der Waals surface area (Å²) in [6, 6.07) is 16.3. The minimum Gasteiger partial charge on any atom is -0.508 e. The van der Waals surface area contributed by atoms with Gasteiger partial charge in [0.05, 0.1) is 11.0 Å². The Hall–Kier alpha value is -1.28. The molecule has 0 bridgehead atoms. The van der Waals surface area contributed by atoms with Crippen LogP contribution < -0.4 is 0 Å². The molecular weight excluding hydrogens is 442 g/mol. The van der Waals surface area contributed by atoms with Crippen LogP contribution in [0.15, 0.2) is 48.5 Å². The van der Waals surface area contributed by atoms with Crippen LogP contribution in [-0.4, -0.2) is 34.3 Å². The number of halogens is 1. The largest absolute Gasteiger partial charge is 0.508 e. The molecule has 1 aliphatic rings. The predicted molar refractivity (Wildman–Crippen MR) is 127 cm³/mol. The second kappa shape index (κ2) is 10.2. The lowest BCUT2D eigenvalue weighted by molar-refractivity contribution is 0.0789. The molecule has 0 spiro atoms. The van der Waals surface area contributed by atoms with Gasteiger partial charge in [0.2, 0.25) is 0 Å². The first-order valence-corrected chi connectivity index (χ1v) is 12.0. The number of hydrogen-bond donors (Lipinski definition) is 2. The number of piperidine rings is 1. The van der Waals surface area contributed by atoms with Crippen molar-refractivity contribution in [3.8, 4) is 16.2 Å². The van der Waals surface area contributed by atoms with Gasteiger partial charge < -0.3 is 10.2 Å². The number of rotatable bonds is 5. The molecule has 1 aromatic heterocycles. The summed E-state index contributed by atoms with van der Waals surface area (Å²) in [4.78, 5) is 3.50. The fourth-order valence-corrected chi connectivity index (χ4v) is 6.53. The van der Waals surface area contributed by atoms with Gasteiger partial charge in [-0.05, 0) is 42.2 Å². The Balaban J connectivity index is 0.00000240. The molecule has 1 fully saturated rings. The van der Waals surface area contributed by atoms with E-state index in [-0.39, 0.29) is 18.5 Å². The maximum absolute atomic E-state index is 10.4. The monoisotopic (exact) mass is 465 g/mol. The number of nitrogens with zero attached hydrogens (tertiary/aromatic N) is 1. The van der Waals surface area contributed by atoms with Crippen molar-refractivity contribution < 1.29 is 10.2 Å². The minimum absolute atomic E-state index is 0. The van der Waals surface area contributed by atoms with Crippen LogP contribution in [0.2, 0.25) is 0 Å². The zero-order chi connectivity index (χ0) is 19.5. The Morgan fingerprint density at radius 2 is 1.76 bits per heavy atom. The van der Waals surface area contributed by atoms with E-state index < -0.39 is 0 Å². The van der Waals surface area contributed by atoms with E-state index in [4.69, 9.17) is 12.2 Å². The lowest BCUT2D eigenvalue weighted by Crippen LogP contribution is -2.35. The number of aromatic hydroxyl groups is 1. The third-order valence-electron chi connectivity index (χ3n) is 5.24. The van der Waals surface area contributed by atoms with E-state index >= 15 is 0 Å². The highest BCUT2D eigenvalue weighted by molar-refractivity contribution is 7.80. The molecule has 0 amide bonds. The first-order valence-electron chi connectivity index (χ1n) is 9.49. The lowest BCUT2D eigenvalue weighted by atomic mass is 10.0. The highest BCUT2D eigenvalue weighted by atomic mass is 35.5. The molecule has 1 aliphatic heterocycles. The molecule has 154 valence electrons. The molecule has 0 atom stereocenters. The van der Waals surface area contributed by atoms with Crippen LogP contribution in [0.1, 0.15) is 29.5 Å². The van der Waals surface area contributed by atoms with Gasteiger partial charge in [0, 0.05) is 37.2 Å². The molecule has 3 nitrogen and oxygen atoms in total. The summed E-state index contributed by atoms with van der Waals surface area (Å²) in [5, 5.41) is 20.1. The molecule has 0 unspecified atom stereocenters. The van der Waals surface area contributed by atoms with Crippen LogP contribution in [0.4, 0.5) is 0 Å². The zero-order valence-electron chi connectivity index (χ0n) is 15.9. The average Bonchev–Trinajstić information content (AvgIpc) is 3.06. The van der Waals surface area contributed by atoms with E-state index in [9.17, 15) is 10.2 Å². The summed E-state index contributed by atoms with van der Waals surface area (Å²) in [6.45, 7) is 2.43. The molecule has 2 aromatic carbocycles. The van der Waals surface area contributed by atoms with Crippen LogP contribution in [0, 0.1) is 3.82 Å². The smallest absolute Gasteiger partial charge is 0.120 e. The maximum Gasteiger partial charge on any atom is 0.120 e. The van der Waals surface area contributed by atoms with Crippen molar-refractivity contribution in [1.82, 2.24) is 4.90 Å². The fraction of sp³-hybridized carbons (Fsp3) is 0.318. The SMILES string of the molecule is Cl.Oc1ccc(-c2ssc(=S)c2Cc2ccccc2)cc1CN1CCC(O)CC1. The van der Waals surface area contributed by atoms with Gasteiger partial charge >= 0.3 is 0 Å². The molecule has 3 aromatic rings. The number of benzene rings is 2. The Labute approximate surface area is 190 Å². The standard InChI is InChI=1S/C22H23NO2S3.ClH/c24-18-8-10-23(11-9-18)14-17-13-16(6-7-20(17)25)21-19(22(26)28-27-21)12-15-4-2-1-3-5-15;/h1-7,13,18,24-25H,8-12,14H2;1H. The molecule has 0 radical (unpaired) electrons. The number of phenolic OH excluding ortho intramolecular Hbond substituents is 1. The van der Waals surface area contributed by atoms with Crippen LogP contribution in [0.25, 0.3) is 10.4 Å². The van der Waals surface area contributed by atoms with Gasteiger partial charge in [-0.25, -0.2) is 0 Å². The van der Waals surface area contributed by atoms with Gasteiger partial charge in [0.25, 0.3) is 0 Å². The Kier molecular flexibility index (Phi) is 7.85. The molecule has 1 saturated heterocycles. The highest BCUT2D eigenvalue weighted by Gasteiger charge is 2.19. The summed E-state index contributed by atoms with van der Waals surface area (Å²) in [6.07, 6.45) is 2.24. The number of likely N-dealkylation sites (tertiary alicyclic amines) is 1. The predicted octanol–water partition coefficient (Wildman–Crippen LogP) is 5.88. The first kappa shape index (κ1) is 22.4. The molecule has 2 N–H and O–H groups in total. The Morgan fingerprint density at radius 1 is 1.03 bits per heavy atom. The summed E-state index contributed by atoms with van der Waals surface area (Å²) in [5.41, 5.74) is 4.51. The van der Waals surface area contributed by atoms with Crippen molar-refractivity contribution in [2.24, 2.45) is 0 Å². The highest BCUT2D eigenvalue weighted by Crippen LogP contribution is 2.38. The van der Waals surface area contributed by atoms with E-state index in [1.807, 2.05) is 12.1 Å². The number of hydrogen-bond acceptors (Lipinski definition) is 6. The van der Waals surface area contributed by atoms with Gasteiger partial charge in [0.15, 0.2) is 0 Å². The van der Waals surface area contributed by atoms with Crippen LogP contribution >= 0.6 is 45.3 Å². The second-order valence-corrected chi connectivity index (χ2v) is 10.1. The number of aliphatic hydroxyl groups is 1. The zero-order valence-corrected chi connectivity index (χ0v) is 19.2. The summed E-state index contributed by atoms with van der Waals surface area (Å²) in [7, 11) is 3.37. The van der Waals surface area contributed by atoms with Gasteiger partial charge in [-0.2, -0.15) is 0 Å².